The zero-order chi connectivity index (χ0) is 14.4. The van der Waals surface area contributed by atoms with Crippen LogP contribution in [0.2, 0.25) is 0 Å². The van der Waals surface area contributed by atoms with Gasteiger partial charge < -0.3 is 9.84 Å². The number of esters is 1. The van der Waals surface area contributed by atoms with Crippen LogP contribution in [-0.4, -0.2) is 30.1 Å². The van der Waals surface area contributed by atoms with Crippen LogP contribution >= 0.6 is 0 Å². The molecule has 0 radical (unpaired) electrons. The minimum atomic E-state index is -0.664. The summed E-state index contributed by atoms with van der Waals surface area (Å²) in [5, 5.41) is 10.2. The molecule has 4 heteroatoms. The number of methoxy groups -OCH3 is 1. The van der Waals surface area contributed by atoms with Crippen LogP contribution in [0.4, 0.5) is 0 Å². The molecule has 0 spiro atoms. The summed E-state index contributed by atoms with van der Waals surface area (Å²) in [4.78, 5) is 24.2. The average Bonchev–Trinajstić information content (AvgIpc) is 2.33. The van der Waals surface area contributed by atoms with Gasteiger partial charge in [0.05, 0.1) is 13.2 Å². The Bertz CT molecular complexity index is 393. The predicted octanol–water partition coefficient (Wildman–Crippen LogP) is 1.94. The van der Waals surface area contributed by atoms with Gasteiger partial charge in [-0.1, -0.05) is 20.8 Å². The summed E-state index contributed by atoms with van der Waals surface area (Å²) in [5.41, 5.74) is -0.648. The Morgan fingerprint density at radius 1 is 1.32 bits per heavy atom. The van der Waals surface area contributed by atoms with Crippen molar-refractivity contribution in [3.63, 3.8) is 0 Å². The Labute approximate surface area is 114 Å². The zero-order valence-corrected chi connectivity index (χ0v) is 12.2. The molecule has 2 fully saturated rings. The fourth-order valence-electron chi connectivity index (χ4n) is 4.44. The molecule has 0 unspecified atom stereocenters. The van der Waals surface area contributed by atoms with Crippen molar-refractivity contribution in [1.82, 2.24) is 0 Å². The summed E-state index contributed by atoms with van der Waals surface area (Å²) < 4.78 is 4.85. The van der Waals surface area contributed by atoms with Crippen molar-refractivity contribution in [1.29, 1.82) is 0 Å². The lowest BCUT2D eigenvalue weighted by atomic mass is 9.47. The summed E-state index contributed by atoms with van der Waals surface area (Å²) in [6.07, 6.45) is 2.15. The first-order valence-corrected chi connectivity index (χ1v) is 7.03. The van der Waals surface area contributed by atoms with Gasteiger partial charge in [-0.05, 0) is 36.0 Å². The van der Waals surface area contributed by atoms with Gasteiger partial charge in [-0.2, -0.15) is 0 Å². The van der Waals surface area contributed by atoms with Crippen molar-refractivity contribution < 1.29 is 19.4 Å². The number of ketones is 1. The number of aliphatic hydroxyl groups excluding tert-OH is 1. The second kappa shape index (κ2) is 4.58. The number of carbonyl (C=O) groups excluding carboxylic acids is 2. The highest BCUT2D eigenvalue weighted by Gasteiger charge is 2.59. The molecular formula is C15H24O4. The molecule has 0 aliphatic heterocycles. The highest BCUT2D eigenvalue weighted by atomic mass is 16.5. The zero-order valence-electron chi connectivity index (χ0n) is 12.2. The van der Waals surface area contributed by atoms with E-state index in [4.69, 9.17) is 4.74 Å². The third kappa shape index (κ3) is 2.00. The summed E-state index contributed by atoms with van der Waals surface area (Å²) in [5.74, 6) is -0.907. The van der Waals surface area contributed by atoms with E-state index in [1.165, 1.54) is 7.11 Å². The normalized spacial score (nSPS) is 41.5. The quantitative estimate of drug-likeness (QED) is 0.583. The Kier molecular flexibility index (Phi) is 3.50. The van der Waals surface area contributed by atoms with E-state index in [1.807, 2.05) is 20.8 Å². The number of hydrogen-bond donors (Lipinski definition) is 1. The second-order valence-electron chi connectivity index (χ2n) is 6.90. The van der Waals surface area contributed by atoms with Crippen LogP contribution in [0.3, 0.4) is 0 Å². The maximum absolute atomic E-state index is 12.2. The molecule has 0 heterocycles. The Hall–Kier alpha value is -0.900. The monoisotopic (exact) mass is 268 g/mol. The molecule has 0 saturated heterocycles. The number of aliphatic hydroxyl groups is 1. The standard InChI is InChI=1S/C15H24O4/c1-14(2)10-6-5-9(16)12(13(18)19-4)15(10,3)8-7-11(14)17/h10-12,17H,5-8H2,1-4H3/t10-,11-,12+,15-/m0/s1. The van der Waals surface area contributed by atoms with Crippen LogP contribution in [0.25, 0.3) is 0 Å². The molecule has 2 rings (SSSR count). The number of rotatable bonds is 1. The molecule has 4 nitrogen and oxygen atoms in total. The first-order chi connectivity index (χ1) is 8.75. The second-order valence-corrected chi connectivity index (χ2v) is 6.90. The van der Waals surface area contributed by atoms with Crippen LogP contribution in [0.15, 0.2) is 0 Å². The number of fused-ring (bicyclic) bond motifs is 1. The average molecular weight is 268 g/mol. The SMILES string of the molecule is COC(=O)[C@H]1C(=O)CC[C@H]2C(C)(C)[C@@H](O)CC[C@]12C. The molecule has 2 saturated carbocycles. The molecule has 2 aliphatic carbocycles. The molecule has 0 bridgehead atoms. The molecule has 4 atom stereocenters. The summed E-state index contributed by atoms with van der Waals surface area (Å²) in [6.45, 7) is 6.11. The first-order valence-electron chi connectivity index (χ1n) is 7.03. The number of ether oxygens (including phenoxy) is 1. The van der Waals surface area contributed by atoms with E-state index in [2.05, 4.69) is 0 Å². The van der Waals surface area contributed by atoms with E-state index < -0.39 is 11.9 Å². The van der Waals surface area contributed by atoms with Crippen molar-refractivity contribution >= 4 is 11.8 Å². The van der Waals surface area contributed by atoms with Gasteiger partial charge in [0.2, 0.25) is 0 Å². The molecule has 19 heavy (non-hydrogen) atoms. The van der Waals surface area contributed by atoms with Gasteiger partial charge in [0, 0.05) is 6.42 Å². The fraction of sp³-hybridized carbons (Fsp3) is 0.867. The molecule has 2 aliphatic rings. The highest BCUT2D eigenvalue weighted by molar-refractivity contribution is 6.00. The lowest BCUT2D eigenvalue weighted by Gasteiger charge is -2.57. The van der Waals surface area contributed by atoms with Gasteiger partial charge in [-0.25, -0.2) is 0 Å². The number of hydrogen-bond acceptors (Lipinski definition) is 4. The van der Waals surface area contributed by atoms with Crippen molar-refractivity contribution in [2.24, 2.45) is 22.7 Å². The molecule has 1 N–H and O–H groups in total. The van der Waals surface area contributed by atoms with E-state index in [0.717, 1.165) is 6.42 Å². The highest BCUT2D eigenvalue weighted by Crippen LogP contribution is 2.59. The minimum absolute atomic E-state index is 0.00205. The van der Waals surface area contributed by atoms with E-state index in [1.54, 1.807) is 0 Å². The van der Waals surface area contributed by atoms with Crippen LogP contribution < -0.4 is 0 Å². The third-order valence-corrected chi connectivity index (χ3v) is 5.61. The van der Waals surface area contributed by atoms with Gasteiger partial charge in [0.1, 0.15) is 11.7 Å². The first kappa shape index (κ1) is 14.5. The largest absolute Gasteiger partial charge is 0.468 e. The topological polar surface area (TPSA) is 63.6 Å². The third-order valence-electron chi connectivity index (χ3n) is 5.61. The number of carbonyl (C=O) groups is 2. The minimum Gasteiger partial charge on any atom is -0.468 e. The fourth-order valence-corrected chi connectivity index (χ4v) is 4.44. The van der Waals surface area contributed by atoms with Crippen LogP contribution in [0.5, 0.6) is 0 Å². The molecule has 0 aromatic carbocycles. The van der Waals surface area contributed by atoms with Crippen molar-refractivity contribution in [2.75, 3.05) is 7.11 Å². The summed E-state index contributed by atoms with van der Waals surface area (Å²) in [6, 6.07) is 0. The van der Waals surface area contributed by atoms with Crippen molar-refractivity contribution in [3.8, 4) is 0 Å². The summed E-state index contributed by atoms with van der Waals surface area (Å²) >= 11 is 0. The van der Waals surface area contributed by atoms with Crippen LogP contribution in [0, 0.1) is 22.7 Å². The van der Waals surface area contributed by atoms with Gasteiger partial charge in [0.25, 0.3) is 0 Å². The smallest absolute Gasteiger partial charge is 0.316 e. The lowest BCUT2D eigenvalue weighted by molar-refractivity contribution is -0.176. The van der Waals surface area contributed by atoms with Gasteiger partial charge in [-0.3, -0.25) is 9.59 Å². The number of Topliss-reactive ketones (excluding diaryl/α,β-unsaturated/α-hetero) is 1. The molecule has 0 aromatic heterocycles. The maximum atomic E-state index is 12.2. The Morgan fingerprint density at radius 2 is 1.95 bits per heavy atom. The van der Waals surface area contributed by atoms with Crippen LogP contribution in [-0.2, 0) is 14.3 Å². The molecular weight excluding hydrogens is 244 g/mol. The predicted molar refractivity (Wildman–Crippen MR) is 70.4 cm³/mol. The van der Waals surface area contributed by atoms with Crippen LogP contribution in [0.1, 0.15) is 46.5 Å². The van der Waals surface area contributed by atoms with E-state index in [9.17, 15) is 14.7 Å². The van der Waals surface area contributed by atoms with E-state index in [0.29, 0.717) is 19.3 Å². The van der Waals surface area contributed by atoms with Crippen molar-refractivity contribution in [2.45, 2.75) is 52.6 Å². The summed E-state index contributed by atoms with van der Waals surface area (Å²) in [7, 11) is 1.34. The van der Waals surface area contributed by atoms with E-state index in [-0.39, 0.29) is 28.6 Å². The lowest BCUT2D eigenvalue weighted by Crippen LogP contribution is -2.58. The maximum Gasteiger partial charge on any atom is 0.316 e. The van der Waals surface area contributed by atoms with Crippen molar-refractivity contribution in [3.05, 3.63) is 0 Å². The van der Waals surface area contributed by atoms with Gasteiger partial charge >= 0.3 is 5.97 Å². The molecule has 0 aromatic rings. The van der Waals surface area contributed by atoms with E-state index >= 15 is 0 Å². The Morgan fingerprint density at radius 3 is 2.53 bits per heavy atom. The molecule has 0 amide bonds. The molecule has 108 valence electrons. The van der Waals surface area contributed by atoms with Gasteiger partial charge in [-0.15, -0.1) is 0 Å². The van der Waals surface area contributed by atoms with Gasteiger partial charge in [0.15, 0.2) is 0 Å². The Balaban J connectivity index is 2.42.